The number of hydrogen-bond acceptors (Lipinski definition) is 3. The highest BCUT2D eigenvalue weighted by molar-refractivity contribution is 6.06. The summed E-state index contributed by atoms with van der Waals surface area (Å²) in [6.45, 7) is 3.04. The summed E-state index contributed by atoms with van der Waals surface area (Å²) >= 11 is 0. The van der Waals surface area contributed by atoms with E-state index in [9.17, 15) is 9.59 Å². The van der Waals surface area contributed by atoms with Crippen molar-refractivity contribution >= 4 is 28.7 Å². The number of aromatic nitrogens is 2. The van der Waals surface area contributed by atoms with E-state index in [1.165, 1.54) is 0 Å². The Morgan fingerprint density at radius 3 is 2.68 bits per heavy atom. The Morgan fingerprint density at radius 2 is 2.00 bits per heavy atom. The number of amides is 3. The van der Waals surface area contributed by atoms with Gasteiger partial charge in [0.05, 0.1) is 17.4 Å². The Kier molecular flexibility index (Phi) is 4.65. The fourth-order valence-electron chi connectivity index (χ4n) is 2.63. The molecule has 128 valence electrons. The van der Waals surface area contributed by atoms with Gasteiger partial charge in [0.25, 0.3) is 5.91 Å². The number of carbonyl (C=O) groups is 2. The average Bonchev–Trinajstić information content (AvgIpc) is 2.99. The molecule has 4 N–H and O–H groups in total. The van der Waals surface area contributed by atoms with Gasteiger partial charge in [0.15, 0.2) is 0 Å². The molecular formula is C18H19N5O2. The van der Waals surface area contributed by atoms with Crippen molar-refractivity contribution in [1.29, 1.82) is 0 Å². The summed E-state index contributed by atoms with van der Waals surface area (Å²) < 4.78 is 1.84. The molecule has 0 spiro atoms. The molecular weight excluding hydrogens is 318 g/mol. The molecule has 2 heterocycles. The molecule has 0 aliphatic rings. The van der Waals surface area contributed by atoms with Gasteiger partial charge in [0.1, 0.15) is 5.65 Å². The van der Waals surface area contributed by atoms with Crippen molar-refractivity contribution < 1.29 is 9.59 Å². The van der Waals surface area contributed by atoms with Gasteiger partial charge in [-0.2, -0.15) is 0 Å². The minimum atomic E-state index is -0.523. The molecule has 3 amide bonds. The van der Waals surface area contributed by atoms with E-state index in [-0.39, 0.29) is 6.03 Å². The molecule has 3 aromatic rings. The maximum atomic E-state index is 12.1. The molecule has 7 heteroatoms. The van der Waals surface area contributed by atoms with Crippen molar-refractivity contribution in [2.75, 3.05) is 5.32 Å². The largest absolute Gasteiger partial charge is 0.366 e. The predicted octanol–water partition coefficient (Wildman–Crippen LogP) is 2.48. The number of benzene rings is 1. The normalized spacial score (nSPS) is 10.6. The van der Waals surface area contributed by atoms with Gasteiger partial charge in [-0.3, -0.25) is 4.79 Å². The van der Waals surface area contributed by atoms with E-state index >= 15 is 0 Å². The Hall–Kier alpha value is -3.35. The minimum Gasteiger partial charge on any atom is -0.366 e. The Balaban J connectivity index is 1.76. The lowest BCUT2D eigenvalue weighted by atomic mass is 10.2. The van der Waals surface area contributed by atoms with E-state index in [1.54, 1.807) is 18.5 Å². The molecule has 3 rings (SSSR count). The molecule has 0 aliphatic heterocycles. The van der Waals surface area contributed by atoms with Crippen LogP contribution in [-0.4, -0.2) is 21.5 Å². The van der Waals surface area contributed by atoms with Crippen LogP contribution in [-0.2, 0) is 13.1 Å². The first kappa shape index (κ1) is 16.5. The van der Waals surface area contributed by atoms with E-state index < -0.39 is 5.91 Å². The number of urea groups is 1. The minimum absolute atomic E-state index is 0.347. The van der Waals surface area contributed by atoms with Gasteiger partial charge in [0.2, 0.25) is 0 Å². The second-order valence-electron chi connectivity index (χ2n) is 5.58. The van der Waals surface area contributed by atoms with Crippen LogP contribution >= 0.6 is 0 Å². The molecule has 0 atom stereocenters. The van der Waals surface area contributed by atoms with Crippen LogP contribution in [0.25, 0.3) is 11.0 Å². The van der Waals surface area contributed by atoms with Crippen molar-refractivity contribution in [3.8, 4) is 0 Å². The van der Waals surface area contributed by atoms with E-state index in [2.05, 4.69) is 15.6 Å². The maximum absolute atomic E-state index is 12.1. The SMILES string of the molecule is CCn1cc(C(N)=O)c2cc(NC(=O)NCc3ccccc3)cnc21. The van der Waals surface area contributed by atoms with Gasteiger partial charge < -0.3 is 20.9 Å². The van der Waals surface area contributed by atoms with E-state index in [0.717, 1.165) is 5.56 Å². The van der Waals surface area contributed by atoms with E-state index in [0.29, 0.717) is 35.4 Å². The molecule has 0 saturated carbocycles. The number of aryl methyl sites for hydroxylation is 1. The highest BCUT2D eigenvalue weighted by Crippen LogP contribution is 2.22. The molecule has 2 aromatic heterocycles. The molecule has 0 aliphatic carbocycles. The number of carbonyl (C=O) groups excluding carboxylic acids is 2. The summed E-state index contributed by atoms with van der Waals surface area (Å²) in [6, 6.07) is 11.0. The number of anilines is 1. The van der Waals surface area contributed by atoms with Crippen LogP contribution in [0, 0.1) is 0 Å². The number of pyridine rings is 1. The zero-order valence-corrected chi connectivity index (χ0v) is 13.8. The van der Waals surface area contributed by atoms with Gasteiger partial charge >= 0.3 is 6.03 Å². The highest BCUT2D eigenvalue weighted by Gasteiger charge is 2.14. The number of nitrogens with two attached hydrogens (primary N) is 1. The Morgan fingerprint density at radius 1 is 1.24 bits per heavy atom. The summed E-state index contributed by atoms with van der Waals surface area (Å²) in [5, 5.41) is 6.12. The Bertz CT molecular complexity index is 918. The predicted molar refractivity (Wildman–Crippen MR) is 96.2 cm³/mol. The molecule has 1 aromatic carbocycles. The lowest BCUT2D eigenvalue weighted by molar-refractivity contribution is 0.100. The second-order valence-corrected chi connectivity index (χ2v) is 5.58. The molecule has 0 fully saturated rings. The molecule has 25 heavy (non-hydrogen) atoms. The molecule has 0 bridgehead atoms. The van der Waals surface area contributed by atoms with E-state index in [4.69, 9.17) is 5.73 Å². The molecule has 0 unspecified atom stereocenters. The van der Waals surface area contributed by atoms with Crippen LogP contribution in [0.5, 0.6) is 0 Å². The van der Waals surface area contributed by atoms with E-state index in [1.807, 2.05) is 41.8 Å². The summed E-state index contributed by atoms with van der Waals surface area (Å²) in [5.74, 6) is -0.523. The van der Waals surface area contributed by atoms with Crippen LogP contribution in [0.3, 0.4) is 0 Å². The summed E-state index contributed by atoms with van der Waals surface area (Å²) in [6.07, 6.45) is 3.24. The van der Waals surface area contributed by atoms with Crippen LogP contribution in [0.2, 0.25) is 0 Å². The number of fused-ring (bicyclic) bond motifs is 1. The van der Waals surface area contributed by atoms with Crippen molar-refractivity contribution in [1.82, 2.24) is 14.9 Å². The fraction of sp³-hybridized carbons (Fsp3) is 0.167. The first-order chi connectivity index (χ1) is 12.1. The second kappa shape index (κ2) is 7.04. The van der Waals surface area contributed by atoms with Crippen molar-refractivity contribution in [3.05, 3.63) is 59.9 Å². The third-order valence-electron chi connectivity index (χ3n) is 3.87. The van der Waals surface area contributed by atoms with Crippen molar-refractivity contribution in [3.63, 3.8) is 0 Å². The molecule has 0 radical (unpaired) electrons. The van der Waals surface area contributed by atoms with Gasteiger partial charge in [-0.1, -0.05) is 30.3 Å². The lowest BCUT2D eigenvalue weighted by Crippen LogP contribution is -2.28. The zero-order chi connectivity index (χ0) is 17.8. The van der Waals surface area contributed by atoms with Gasteiger partial charge in [-0.15, -0.1) is 0 Å². The molecule has 0 saturated heterocycles. The topological polar surface area (TPSA) is 102 Å². The fourth-order valence-corrected chi connectivity index (χ4v) is 2.63. The lowest BCUT2D eigenvalue weighted by Gasteiger charge is -2.08. The zero-order valence-electron chi connectivity index (χ0n) is 13.8. The number of primary amides is 1. The Labute approximate surface area is 144 Å². The van der Waals surface area contributed by atoms with Crippen LogP contribution < -0.4 is 16.4 Å². The third-order valence-corrected chi connectivity index (χ3v) is 3.87. The first-order valence-electron chi connectivity index (χ1n) is 7.96. The monoisotopic (exact) mass is 337 g/mol. The number of nitrogens with one attached hydrogen (secondary N) is 2. The smallest absolute Gasteiger partial charge is 0.319 e. The summed E-state index contributed by atoms with van der Waals surface area (Å²) in [5.41, 5.74) is 7.97. The van der Waals surface area contributed by atoms with Gasteiger partial charge in [0, 0.05) is 24.7 Å². The van der Waals surface area contributed by atoms with Crippen LogP contribution in [0.1, 0.15) is 22.8 Å². The first-order valence-corrected chi connectivity index (χ1v) is 7.96. The average molecular weight is 337 g/mol. The number of nitrogens with zero attached hydrogens (tertiary/aromatic N) is 2. The highest BCUT2D eigenvalue weighted by atomic mass is 16.2. The third kappa shape index (κ3) is 3.60. The quantitative estimate of drug-likeness (QED) is 0.666. The summed E-state index contributed by atoms with van der Waals surface area (Å²) in [4.78, 5) is 28.0. The number of hydrogen-bond donors (Lipinski definition) is 3. The maximum Gasteiger partial charge on any atom is 0.319 e. The van der Waals surface area contributed by atoms with Crippen LogP contribution in [0.15, 0.2) is 48.8 Å². The molecule has 7 nitrogen and oxygen atoms in total. The van der Waals surface area contributed by atoms with Crippen LogP contribution in [0.4, 0.5) is 10.5 Å². The standard InChI is InChI=1S/C18H19N5O2/c1-2-23-11-15(16(19)24)14-8-13(10-20-17(14)23)22-18(25)21-9-12-6-4-3-5-7-12/h3-8,10-11H,2,9H2,1H3,(H2,19,24)(H2,21,22,25). The van der Waals surface area contributed by atoms with Gasteiger partial charge in [-0.05, 0) is 18.6 Å². The van der Waals surface area contributed by atoms with Crippen molar-refractivity contribution in [2.45, 2.75) is 20.0 Å². The van der Waals surface area contributed by atoms with Gasteiger partial charge in [-0.25, -0.2) is 9.78 Å². The van der Waals surface area contributed by atoms with Crippen molar-refractivity contribution in [2.24, 2.45) is 5.73 Å². The number of rotatable bonds is 5. The summed E-state index contributed by atoms with van der Waals surface area (Å²) in [7, 11) is 0.